The molecule has 0 amide bonds. The lowest BCUT2D eigenvalue weighted by molar-refractivity contribution is 0.930. The first kappa shape index (κ1) is 10.9. The zero-order chi connectivity index (χ0) is 12.5. The summed E-state index contributed by atoms with van der Waals surface area (Å²) in [5.41, 5.74) is 9.73. The normalized spacial score (nSPS) is 11.0. The van der Waals surface area contributed by atoms with Gasteiger partial charge < -0.3 is 10.3 Å². The molecule has 0 aliphatic heterocycles. The average molecular weight is 238 g/mol. The van der Waals surface area contributed by atoms with E-state index in [9.17, 15) is 0 Å². The summed E-state index contributed by atoms with van der Waals surface area (Å²) in [6.07, 6.45) is 1.70. The zero-order valence-electron chi connectivity index (χ0n) is 10.2. The largest absolute Gasteiger partial charge is 0.342 e. The fourth-order valence-electron chi connectivity index (χ4n) is 2.18. The Labute approximate surface area is 105 Å². The van der Waals surface area contributed by atoms with Gasteiger partial charge in [-0.1, -0.05) is 18.2 Å². The second-order valence-corrected chi connectivity index (χ2v) is 4.30. The standard InChI is InChI=1S/C14H14N4/c1-18-13-5-3-2-4-11(13)7-14(18)12-6-10(8-15)9-16-17-12/h2-7,9H,8,15H2,1H3. The fourth-order valence-corrected chi connectivity index (χ4v) is 2.18. The molecule has 0 aliphatic rings. The molecule has 0 saturated heterocycles. The highest BCUT2D eigenvalue weighted by Gasteiger charge is 2.09. The minimum atomic E-state index is 0.479. The van der Waals surface area contributed by atoms with Gasteiger partial charge >= 0.3 is 0 Å². The predicted molar refractivity (Wildman–Crippen MR) is 71.8 cm³/mol. The number of hydrogen-bond donors (Lipinski definition) is 1. The Bertz CT molecular complexity index is 700. The minimum Gasteiger partial charge on any atom is -0.342 e. The van der Waals surface area contributed by atoms with E-state index in [1.54, 1.807) is 6.20 Å². The number of aryl methyl sites for hydroxylation is 1. The van der Waals surface area contributed by atoms with Crippen LogP contribution in [0.4, 0.5) is 0 Å². The summed E-state index contributed by atoms with van der Waals surface area (Å²) >= 11 is 0. The highest BCUT2D eigenvalue weighted by molar-refractivity contribution is 5.86. The van der Waals surface area contributed by atoms with Crippen molar-refractivity contribution in [3.05, 3.63) is 48.2 Å². The second-order valence-electron chi connectivity index (χ2n) is 4.30. The molecule has 3 aromatic rings. The Balaban J connectivity index is 2.21. The molecule has 0 unspecified atom stereocenters. The Morgan fingerprint density at radius 2 is 2.06 bits per heavy atom. The van der Waals surface area contributed by atoms with Crippen molar-refractivity contribution in [2.24, 2.45) is 12.8 Å². The van der Waals surface area contributed by atoms with Gasteiger partial charge in [0.15, 0.2) is 0 Å². The van der Waals surface area contributed by atoms with Crippen molar-refractivity contribution in [2.75, 3.05) is 0 Å². The molecule has 0 fully saturated rings. The van der Waals surface area contributed by atoms with Gasteiger partial charge in [0, 0.05) is 24.5 Å². The summed E-state index contributed by atoms with van der Waals surface area (Å²) in [7, 11) is 2.04. The third kappa shape index (κ3) is 1.67. The van der Waals surface area contributed by atoms with E-state index < -0.39 is 0 Å². The molecule has 4 heteroatoms. The number of rotatable bonds is 2. The summed E-state index contributed by atoms with van der Waals surface area (Å²) < 4.78 is 2.12. The Kier molecular flexibility index (Phi) is 2.57. The highest BCUT2D eigenvalue weighted by Crippen LogP contribution is 2.25. The second kappa shape index (κ2) is 4.23. The van der Waals surface area contributed by atoms with Gasteiger partial charge in [0.05, 0.1) is 11.9 Å². The van der Waals surface area contributed by atoms with Crippen LogP contribution in [-0.4, -0.2) is 14.8 Å². The molecule has 1 aromatic carbocycles. The van der Waals surface area contributed by atoms with Crippen LogP contribution >= 0.6 is 0 Å². The molecule has 90 valence electrons. The van der Waals surface area contributed by atoms with Crippen LogP contribution in [0.1, 0.15) is 5.56 Å². The van der Waals surface area contributed by atoms with Crippen molar-refractivity contribution < 1.29 is 0 Å². The third-order valence-corrected chi connectivity index (χ3v) is 3.16. The Morgan fingerprint density at radius 1 is 1.22 bits per heavy atom. The van der Waals surface area contributed by atoms with Crippen molar-refractivity contribution in [3.63, 3.8) is 0 Å². The fraction of sp³-hybridized carbons (Fsp3) is 0.143. The van der Waals surface area contributed by atoms with E-state index in [1.807, 2.05) is 25.2 Å². The highest BCUT2D eigenvalue weighted by atomic mass is 15.1. The molecule has 18 heavy (non-hydrogen) atoms. The average Bonchev–Trinajstić information content (AvgIpc) is 2.77. The van der Waals surface area contributed by atoms with Crippen LogP contribution in [0, 0.1) is 0 Å². The van der Waals surface area contributed by atoms with Gasteiger partial charge in [0.1, 0.15) is 5.69 Å². The number of hydrogen-bond acceptors (Lipinski definition) is 3. The quantitative estimate of drug-likeness (QED) is 0.743. The van der Waals surface area contributed by atoms with Crippen molar-refractivity contribution >= 4 is 10.9 Å². The summed E-state index contributed by atoms with van der Waals surface area (Å²) in [6, 6.07) is 12.4. The van der Waals surface area contributed by atoms with Gasteiger partial charge in [-0.15, -0.1) is 5.10 Å². The maximum absolute atomic E-state index is 5.64. The molecule has 0 radical (unpaired) electrons. The van der Waals surface area contributed by atoms with Gasteiger partial charge in [-0.2, -0.15) is 5.10 Å². The van der Waals surface area contributed by atoms with E-state index in [4.69, 9.17) is 5.73 Å². The maximum Gasteiger partial charge on any atom is 0.110 e. The number of benzene rings is 1. The molecule has 2 aromatic heterocycles. The minimum absolute atomic E-state index is 0.479. The van der Waals surface area contributed by atoms with E-state index in [1.165, 1.54) is 10.9 Å². The smallest absolute Gasteiger partial charge is 0.110 e. The predicted octanol–water partition coefficient (Wildman–Crippen LogP) is 2.09. The molecule has 0 bridgehead atoms. The van der Waals surface area contributed by atoms with Crippen LogP contribution in [-0.2, 0) is 13.6 Å². The first-order valence-corrected chi connectivity index (χ1v) is 5.86. The van der Waals surface area contributed by atoms with E-state index in [0.717, 1.165) is 17.0 Å². The molecule has 0 saturated carbocycles. The number of nitrogens with zero attached hydrogens (tertiary/aromatic N) is 3. The summed E-state index contributed by atoms with van der Waals surface area (Å²) in [5, 5.41) is 9.39. The van der Waals surface area contributed by atoms with E-state index in [-0.39, 0.29) is 0 Å². The van der Waals surface area contributed by atoms with E-state index >= 15 is 0 Å². The van der Waals surface area contributed by atoms with Crippen molar-refractivity contribution in [1.82, 2.24) is 14.8 Å². The topological polar surface area (TPSA) is 56.7 Å². The Hall–Kier alpha value is -2.20. The first-order chi connectivity index (χ1) is 8.79. The van der Waals surface area contributed by atoms with Gasteiger partial charge in [0.25, 0.3) is 0 Å². The van der Waals surface area contributed by atoms with Crippen molar-refractivity contribution in [2.45, 2.75) is 6.54 Å². The molecule has 3 rings (SSSR count). The molecular formula is C14H14N4. The molecule has 4 nitrogen and oxygen atoms in total. The van der Waals surface area contributed by atoms with Crippen molar-refractivity contribution in [3.8, 4) is 11.4 Å². The van der Waals surface area contributed by atoms with Crippen LogP contribution in [0.15, 0.2) is 42.6 Å². The molecule has 0 atom stereocenters. The third-order valence-electron chi connectivity index (χ3n) is 3.16. The van der Waals surface area contributed by atoms with Gasteiger partial charge in [-0.3, -0.25) is 0 Å². The van der Waals surface area contributed by atoms with Gasteiger partial charge in [-0.05, 0) is 23.8 Å². The molecule has 2 heterocycles. The monoisotopic (exact) mass is 238 g/mol. The molecule has 2 N–H and O–H groups in total. The number of nitrogens with two attached hydrogens (primary N) is 1. The number of fused-ring (bicyclic) bond motifs is 1. The van der Waals surface area contributed by atoms with Crippen LogP contribution in [0.3, 0.4) is 0 Å². The molecule has 0 spiro atoms. The van der Waals surface area contributed by atoms with Crippen LogP contribution in [0.2, 0.25) is 0 Å². The first-order valence-electron chi connectivity index (χ1n) is 5.86. The number of para-hydroxylation sites is 1. The van der Waals surface area contributed by atoms with E-state index in [0.29, 0.717) is 6.54 Å². The van der Waals surface area contributed by atoms with Gasteiger partial charge in [0.2, 0.25) is 0 Å². The maximum atomic E-state index is 5.64. The van der Waals surface area contributed by atoms with Crippen molar-refractivity contribution in [1.29, 1.82) is 0 Å². The van der Waals surface area contributed by atoms with Crippen LogP contribution in [0.25, 0.3) is 22.3 Å². The lowest BCUT2D eigenvalue weighted by Crippen LogP contribution is -2.00. The summed E-state index contributed by atoms with van der Waals surface area (Å²) in [6.45, 7) is 0.479. The lowest BCUT2D eigenvalue weighted by Gasteiger charge is -2.04. The lowest BCUT2D eigenvalue weighted by atomic mass is 10.2. The zero-order valence-corrected chi connectivity index (χ0v) is 10.2. The van der Waals surface area contributed by atoms with Gasteiger partial charge in [-0.25, -0.2) is 0 Å². The van der Waals surface area contributed by atoms with Crippen LogP contribution < -0.4 is 5.73 Å². The summed E-state index contributed by atoms with van der Waals surface area (Å²) in [5.74, 6) is 0. The number of aromatic nitrogens is 3. The SMILES string of the molecule is Cn1c(-c2cc(CN)cnn2)cc2ccccc21. The Morgan fingerprint density at radius 3 is 2.83 bits per heavy atom. The van der Waals surface area contributed by atoms with Crippen LogP contribution in [0.5, 0.6) is 0 Å². The summed E-state index contributed by atoms with van der Waals surface area (Å²) in [4.78, 5) is 0. The molecular weight excluding hydrogens is 224 g/mol. The van der Waals surface area contributed by atoms with E-state index in [2.05, 4.69) is 33.0 Å². The molecule has 0 aliphatic carbocycles.